The molecule has 1 nitrogen and oxygen atoms in total. The van der Waals surface area contributed by atoms with Crippen LogP contribution in [0.25, 0.3) is 0 Å². The van der Waals surface area contributed by atoms with Crippen molar-refractivity contribution in [2.45, 2.75) is 33.3 Å². The van der Waals surface area contributed by atoms with Crippen LogP contribution in [0.5, 0.6) is 0 Å². The normalized spacial score (nSPS) is 38.0. The Kier molecular flexibility index (Phi) is 1.86. The van der Waals surface area contributed by atoms with Gasteiger partial charge < -0.3 is 5.11 Å². The zero-order chi connectivity index (χ0) is 7.78. The Balaban J connectivity index is 2.75. The lowest BCUT2D eigenvalue weighted by molar-refractivity contribution is 0.0171. The summed E-state index contributed by atoms with van der Waals surface area (Å²) in [6.07, 6.45) is 5.09. The van der Waals surface area contributed by atoms with Crippen molar-refractivity contribution in [2.75, 3.05) is 0 Å². The first kappa shape index (κ1) is 7.80. The van der Waals surface area contributed by atoms with E-state index in [1.807, 2.05) is 0 Å². The first-order valence-corrected chi connectivity index (χ1v) is 3.89. The van der Waals surface area contributed by atoms with Crippen molar-refractivity contribution in [3.8, 4) is 0 Å². The Bertz CT molecular complexity index is 147. The van der Waals surface area contributed by atoms with Crippen LogP contribution in [0.2, 0.25) is 0 Å². The molecule has 1 aliphatic carbocycles. The van der Waals surface area contributed by atoms with Crippen molar-refractivity contribution in [3.63, 3.8) is 0 Å². The molecule has 0 saturated carbocycles. The van der Waals surface area contributed by atoms with Crippen molar-refractivity contribution in [1.29, 1.82) is 0 Å². The first-order chi connectivity index (χ1) is 4.54. The Morgan fingerprint density at radius 3 is 2.50 bits per heavy atom. The second-order valence-corrected chi connectivity index (χ2v) is 3.92. The van der Waals surface area contributed by atoms with E-state index in [2.05, 4.69) is 32.9 Å². The number of allylic oxidation sites excluding steroid dienone is 1. The van der Waals surface area contributed by atoms with E-state index in [1.165, 1.54) is 0 Å². The molecule has 0 heterocycles. The Morgan fingerprint density at radius 2 is 2.10 bits per heavy atom. The van der Waals surface area contributed by atoms with Gasteiger partial charge in [0.2, 0.25) is 0 Å². The molecule has 0 aliphatic heterocycles. The van der Waals surface area contributed by atoms with Crippen molar-refractivity contribution >= 4 is 0 Å². The van der Waals surface area contributed by atoms with Crippen LogP contribution in [0.1, 0.15) is 27.2 Å². The molecule has 1 rings (SSSR count). The molecule has 0 saturated heterocycles. The van der Waals surface area contributed by atoms with Crippen molar-refractivity contribution < 1.29 is 5.11 Å². The van der Waals surface area contributed by atoms with Gasteiger partial charge in [0.25, 0.3) is 0 Å². The number of aliphatic hydroxyl groups excluding tert-OH is 1. The summed E-state index contributed by atoms with van der Waals surface area (Å²) in [5.74, 6) is 0.323. The van der Waals surface area contributed by atoms with Crippen molar-refractivity contribution in [2.24, 2.45) is 11.3 Å². The van der Waals surface area contributed by atoms with Crippen LogP contribution in [-0.4, -0.2) is 11.2 Å². The highest BCUT2D eigenvalue weighted by molar-refractivity contribution is 5.02. The van der Waals surface area contributed by atoms with Gasteiger partial charge in [-0.15, -0.1) is 0 Å². The van der Waals surface area contributed by atoms with E-state index in [-0.39, 0.29) is 11.5 Å². The van der Waals surface area contributed by atoms with Gasteiger partial charge in [-0.3, -0.25) is 0 Å². The maximum atomic E-state index is 9.65. The minimum Gasteiger partial charge on any atom is -0.392 e. The molecule has 2 atom stereocenters. The minimum atomic E-state index is -0.169. The molecule has 1 heteroatoms. The highest BCUT2D eigenvalue weighted by atomic mass is 16.3. The summed E-state index contributed by atoms with van der Waals surface area (Å²) in [5, 5.41) is 9.65. The molecule has 1 N–H and O–H groups in total. The fraction of sp³-hybridized carbons (Fsp3) is 0.778. The number of hydrogen-bond acceptors (Lipinski definition) is 1. The number of hydrogen-bond donors (Lipinski definition) is 1. The Labute approximate surface area is 62.8 Å². The van der Waals surface area contributed by atoms with E-state index in [0.717, 1.165) is 6.42 Å². The third-order valence-electron chi connectivity index (χ3n) is 2.38. The summed E-state index contributed by atoms with van der Waals surface area (Å²) in [5.41, 5.74) is 0.0775. The van der Waals surface area contributed by atoms with Crippen LogP contribution >= 0.6 is 0 Å². The van der Waals surface area contributed by atoms with E-state index < -0.39 is 0 Å². The molecule has 0 radical (unpaired) electrons. The van der Waals surface area contributed by atoms with E-state index in [0.29, 0.717) is 5.92 Å². The van der Waals surface area contributed by atoms with Gasteiger partial charge in [0.1, 0.15) is 0 Å². The maximum absolute atomic E-state index is 9.65. The zero-order valence-corrected chi connectivity index (χ0v) is 6.96. The molecule has 0 aromatic rings. The largest absolute Gasteiger partial charge is 0.392 e. The van der Waals surface area contributed by atoms with Gasteiger partial charge in [0.05, 0.1) is 6.10 Å². The smallest absolute Gasteiger partial charge is 0.0653 e. The lowest BCUT2D eigenvalue weighted by atomic mass is 9.74. The molecule has 58 valence electrons. The van der Waals surface area contributed by atoms with Crippen LogP contribution < -0.4 is 0 Å². The summed E-state index contributed by atoms with van der Waals surface area (Å²) in [6.45, 7) is 6.28. The van der Waals surface area contributed by atoms with Gasteiger partial charge in [0.15, 0.2) is 0 Å². The third kappa shape index (κ3) is 1.24. The molecule has 0 fully saturated rings. The van der Waals surface area contributed by atoms with Crippen LogP contribution in [0, 0.1) is 11.3 Å². The highest BCUT2D eigenvalue weighted by Crippen LogP contribution is 2.34. The molecule has 10 heavy (non-hydrogen) atoms. The van der Waals surface area contributed by atoms with E-state index in [9.17, 15) is 5.11 Å². The van der Waals surface area contributed by atoms with Gasteiger partial charge in [0, 0.05) is 5.92 Å². The molecule has 0 amide bonds. The van der Waals surface area contributed by atoms with Gasteiger partial charge >= 0.3 is 0 Å². The summed E-state index contributed by atoms with van der Waals surface area (Å²) in [7, 11) is 0. The highest BCUT2D eigenvalue weighted by Gasteiger charge is 2.32. The second kappa shape index (κ2) is 2.39. The van der Waals surface area contributed by atoms with Gasteiger partial charge in [-0.05, 0) is 11.8 Å². The third-order valence-corrected chi connectivity index (χ3v) is 2.38. The first-order valence-electron chi connectivity index (χ1n) is 3.89. The van der Waals surface area contributed by atoms with Crippen molar-refractivity contribution in [1.82, 2.24) is 0 Å². The summed E-state index contributed by atoms with van der Waals surface area (Å²) in [6, 6.07) is 0. The average molecular weight is 140 g/mol. The van der Waals surface area contributed by atoms with Gasteiger partial charge in [-0.1, -0.05) is 32.9 Å². The van der Waals surface area contributed by atoms with E-state index in [4.69, 9.17) is 0 Å². The summed E-state index contributed by atoms with van der Waals surface area (Å²) < 4.78 is 0. The summed E-state index contributed by atoms with van der Waals surface area (Å²) in [4.78, 5) is 0. The van der Waals surface area contributed by atoms with Gasteiger partial charge in [-0.2, -0.15) is 0 Å². The Hall–Kier alpha value is -0.300. The van der Waals surface area contributed by atoms with E-state index in [1.54, 1.807) is 0 Å². The molecular formula is C9H16O. The number of aliphatic hydroxyl groups is 1. The molecule has 1 aliphatic rings. The molecule has 0 unspecified atom stereocenters. The maximum Gasteiger partial charge on any atom is 0.0653 e. The molecule has 0 aromatic carbocycles. The van der Waals surface area contributed by atoms with Gasteiger partial charge in [-0.25, -0.2) is 0 Å². The quantitative estimate of drug-likeness (QED) is 0.510. The topological polar surface area (TPSA) is 20.2 Å². The standard InChI is InChI=1S/C9H16O/c1-7-5-4-6-9(2,3)8(7)10/h4-5,7-8,10H,6H2,1-3H3/t7-,8-/m1/s1. The summed E-state index contributed by atoms with van der Waals surface area (Å²) >= 11 is 0. The molecule has 0 aromatic heterocycles. The van der Waals surface area contributed by atoms with E-state index >= 15 is 0 Å². The number of rotatable bonds is 0. The van der Waals surface area contributed by atoms with Crippen LogP contribution in [0.3, 0.4) is 0 Å². The van der Waals surface area contributed by atoms with Crippen LogP contribution in [0.15, 0.2) is 12.2 Å². The monoisotopic (exact) mass is 140 g/mol. The fourth-order valence-electron chi connectivity index (χ4n) is 1.52. The van der Waals surface area contributed by atoms with Crippen LogP contribution in [0.4, 0.5) is 0 Å². The van der Waals surface area contributed by atoms with Crippen molar-refractivity contribution in [3.05, 3.63) is 12.2 Å². The Morgan fingerprint density at radius 1 is 1.50 bits per heavy atom. The van der Waals surface area contributed by atoms with Crippen LogP contribution in [-0.2, 0) is 0 Å². The average Bonchev–Trinajstić information content (AvgIpc) is 1.83. The lowest BCUT2D eigenvalue weighted by Gasteiger charge is -2.35. The predicted octanol–water partition coefficient (Wildman–Crippen LogP) is 1.97. The lowest BCUT2D eigenvalue weighted by Crippen LogP contribution is -2.35. The molecular weight excluding hydrogens is 124 g/mol. The molecule has 0 spiro atoms. The molecule has 0 bridgehead atoms. The zero-order valence-electron chi connectivity index (χ0n) is 6.96. The SMILES string of the molecule is C[C@@H]1C=CCC(C)(C)[C@@H]1O. The minimum absolute atomic E-state index is 0.0775. The predicted molar refractivity (Wildman–Crippen MR) is 42.7 cm³/mol. The fourth-order valence-corrected chi connectivity index (χ4v) is 1.52. The second-order valence-electron chi connectivity index (χ2n) is 3.92.